The molecule has 1 amide bonds. The maximum absolute atomic E-state index is 12.1. The van der Waals surface area contributed by atoms with E-state index in [1.807, 2.05) is 25.5 Å². The zero-order valence-corrected chi connectivity index (χ0v) is 13.9. The first-order valence-electron chi connectivity index (χ1n) is 7.53. The Morgan fingerprint density at radius 2 is 2.04 bits per heavy atom. The summed E-state index contributed by atoms with van der Waals surface area (Å²) < 4.78 is 11.8. The van der Waals surface area contributed by atoms with Gasteiger partial charge in [0.2, 0.25) is 5.78 Å². The molecule has 0 fully saturated rings. The van der Waals surface area contributed by atoms with Gasteiger partial charge in [-0.3, -0.25) is 14.4 Å². The number of aryl methyl sites for hydroxylation is 1. The fourth-order valence-corrected chi connectivity index (χ4v) is 2.21. The first-order valence-corrected chi connectivity index (χ1v) is 7.53. The Kier molecular flexibility index (Phi) is 5.57. The van der Waals surface area contributed by atoms with Gasteiger partial charge in [0.1, 0.15) is 0 Å². The Morgan fingerprint density at radius 1 is 1.29 bits per heavy atom. The van der Waals surface area contributed by atoms with Gasteiger partial charge in [0.15, 0.2) is 12.4 Å². The lowest BCUT2D eigenvalue weighted by atomic mass is 10.1. The number of carbonyl (C=O) groups excluding carboxylic acids is 3. The molecule has 7 nitrogen and oxygen atoms in total. The van der Waals surface area contributed by atoms with Gasteiger partial charge in [-0.2, -0.15) is 0 Å². The highest BCUT2D eigenvalue weighted by atomic mass is 16.5. The number of esters is 1. The number of nitrogens with one attached hydrogen (secondary N) is 1. The Balaban J connectivity index is 1.74. The van der Waals surface area contributed by atoms with E-state index in [4.69, 9.17) is 9.15 Å². The van der Waals surface area contributed by atoms with E-state index >= 15 is 0 Å². The van der Waals surface area contributed by atoms with Crippen LogP contribution in [0.25, 0.3) is 0 Å². The number of carbonyl (C=O) groups is 3. The molecule has 0 spiro atoms. The van der Waals surface area contributed by atoms with Crippen LogP contribution in [-0.2, 0) is 16.6 Å². The second-order valence-electron chi connectivity index (χ2n) is 5.41. The van der Waals surface area contributed by atoms with E-state index in [-0.39, 0.29) is 31.1 Å². The van der Waals surface area contributed by atoms with Gasteiger partial charge in [-0.25, -0.2) is 0 Å². The molecule has 0 saturated heterocycles. The smallest absolute Gasteiger partial charge is 0.308 e. The van der Waals surface area contributed by atoms with Gasteiger partial charge in [-0.1, -0.05) is 0 Å². The van der Waals surface area contributed by atoms with E-state index in [1.54, 1.807) is 12.1 Å². The number of hydrogen-bond acceptors (Lipinski definition) is 5. The van der Waals surface area contributed by atoms with Crippen LogP contribution in [0, 0.1) is 13.8 Å². The molecule has 0 aliphatic heterocycles. The molecular formula is C17H20N2O5. The van der Waals surface area contributed by atoms with Crippen molar-refractivity contribution in [3.63, 3.8) is 0 Å². The summed E-state index contributed by atoms with van der Waals surface area (Å²) in [5, 5.41) is 2.53. The van der Waals surface area contributed by atoms with E-state index in [9.17, 15) is 14.4 Å². The topological polar surface area (TPSA) is 90.5 Å². The minimum atomic E-state index is -0.548. The monoisotopic (exact) mass is 332 g/mol. The molecule has 7 heteroatoms. The molecule has 0 atom stereocenters. The van der Waals surface area contributed by atoms with Crippen molar-refractivity contribution in [2.75, 3.05) is 13.2 Å². The van der Waals surface area contributed by atoms with Crippen molar-refractivity contribution in [2.45, 2.75) is 20.3 Å². The molecule has 1 N–H and O–H groups in total. The van der Waals surface area contributed by atoms with Crippen molar-refractivity contribution in [3.05, 3.63) is 47.2 Å². The average molecular weight is 332 g/mol. The number of rotatable bonds is 7. The molecule has 0 radical (unpaired) electrons. The zero-order chi connectivity index (χ0) is 17.7. The Hall–Kier alpha value is -2.83. The molecule has 0 unspecified atom stereocenters. The third kappa shape index (κ3) is 4.13. The number of ether oxygens (including phenoxy) is 1. The van der Waals surface area contributed by atoms with Gasteiger partial charge in [-0.15, -0.1) is 0 Å². The van der Waals surface area contributed by atoms with Crippen molar-refractivity contribution in [2.24, 2.45) is 7.05 Å². The predicted octanol–water partition coefficient (Wildman–Crippen LogP) is 1.78. The second kappa shape index (κ2) is 7.63. The van der Waals surface area contributed by atoms with E-state index in [0.29, 0.717) is 5.56 Å². The summed E-state index contributed by atoms with van der Waals surface area (Å²) in [4.78, 5) is 35.3. The van der Waals surface area contributed by atoms with Gasteiger partial charge in [0.25, 0.3) is 5.91 Å². The normalized spacial score (nSPS) is 10.5. The Labute approximate surface area is 139 Å². The maximum atomic E-state index is 12.1. The van der Waals surface area contributed by atoms with E-state index in [1.165, 1.54) is 12.3 Å². The van der Waals surface area contributed by atoms with Crippen LogP contribution >= 0.6 is 0 Å². The van der Waals surface area contributed by atoms with Crippen LogP contribution < -0.4 is 5.32 Å². The predicted molar refractivity (Wildman–Crippen MR) is 85.8 cm³/mol. The summed E-state index contributed by atoms with van der Waals surface area (Å²) in [6.45, 7) is 3.54. The molecule has 2 aromatic rings. The number of hydrogen-bond donors (Lipinski definition) is 1. The molecule has 0 aliphatic carbocycles. The largest absolute Gasteiger partial charge is 0.459 e. The number of furan rings is 1. The van der Waals surface area contributed by atoms with Gasteiger partial charge in [-0.05, 0) is 32.0 Å². The Bertz CT molecular complexity index is 743. The number of ketones is 1. The molecule has 0 aromatic carbocycles. The van der Waals surface area contributed by atoms with Crippen LogP contribution in [0.15, 0.2) is 28.9 Å². The van der Waals surface area contributed by atoms with Crippen LogP contribution in [-0.4, -0.2) is 35.4 Å². The molecular weight excluding hydrogens is 312 g/mol. The van der Waals surface area contributed by atoms with Crippen molar-refractivity contribution in [3.8, 4) is 0 Å². The second-order valence-corrected chi connectivity index (χ2v) is 5.41. The van der Waals surface area contributed by atoms with Crippen LogP contribution in [0.1, 0.15) is 38.7 Å². The number of amides is 1. The van der Waals surface area contributed by atoms with Crippen LogP contribution in [0.3, 0.4) is 0 Å². The number of Topliss-reactive ketones (excluding diaryl/α,β-unsaturated/α-hetero) is 1. The molecule has 2 rings (SSSR count). The molecule has 0 saturated carbocycles. The number of aromatic nitrogens is 1. The van der Waals surface area contributed by atoms with E-state index < -0.39 is 11.9 Å². The third-order valence-electron chi connectivity index (χ3n) is 3.80. The van der Waals surface area contributed by atoms with Crippen LogP contribution in [0.5, 0.6) is 0 Å². The summed E-state index contributed by atoms with van der Waals surface area (Å²) >= 11 is 0. The van der Waals surface area contributed by atoms with Crippen LogP contribution in [0.4, 0.5) is 0 Å². The summed E-state index contributed by atoms with van der Waals surface area (Å²) in [6.07, 6.45) is 1.37. The van der Waals surface area contributed by atoms with E-state index in [2.05, 4.69) is 5.32 Å². The molecule has 0 aliphatic rings. The summed E-state index contributed by atoms with van der Waals surface area (Å²) in [5.41, 5.74) is 2.34. The average Bonchev–Trinajstić information content (AvgIpc) is 3.17. The summed E-state index contributed by atoms with van der Waals surface area (Å²) in [5.74, 6) is -1.02. The summed E-state index contributed by atoms with van der Waals surface area (Å²) in [6, 6.07) is 4.90. The molecule has 128 valence electrons. The lowest BCUT2D eigenvalue weighted by Gasteiger charge is -2.05. The fraction of sp³-hybridized carbons (Fsp3) is 0.353. The first-order chi connectivity index (χ1) is 11.4. The van der Waals surface area contributed by atoms with Crippen molar-refractivity contribution < 1.29 is 23.5 Å². The lowest BCUT2D eigenvalue weighted by molar-refractivity contribution is -0.142. The SMILES string of the molecule is Cc1cc(C(=O)COC(=O)CCNC(=O)c2ccco2)c(C)n1C. The van der Waals surface area contributed by atoms with Gasteiger partial charge < -0.3 is 19.0 Å². The maximum Gasteiger partial charge on any atom is 0.308 e. The van der Waals surface area contributed by atoms with Gasteiger partial charge in [0.05, 0.1) is 12.7 Å². The Morgan fingerprint density at radius 3 is 2.62 bits per heavy atom. The molecule has 0 bridgehead atoms. The van der Waals surface area contributed by atoms with Crippen molar-refractivity contribution in [1.82, 2.24) is 9.88 Å². The number of nitrogens with zero attached hydrogens (tertiary/aromatic N) is 1. The van der Waals surface area contributed by atoms with E-state index in [0.717, 1.165) is 11.4 Å². The first kappa shape index (κ1) is 17.5. The standard InChI is InChI=1S/C17H20N2O5/c1-11-9-13(12(2)19(11)3)14(20)10-24-16(21)6-7-18-17(22)15-5-4-8-23-15/h4-5,8-9H,6-7,10H2,1-3H3,(H,18,22). The molecule has 24 heavy (non-hydrogen) atoms. The van der Waals surface area contributed by atoms with Gasteiger partial charge in [0, 0.05) is 30.5 Å². The third-order valence-corrected chi connectivity index (χ3v) is 3.80. The van der Waals surface area contributed by atoms with Crippen molar-refractivity contribution >= 4 is 17.7 Å². The zero-order valence-electron chi connectivity index (χ0n) is 13.9. The summed E-state index contributed by atoms with van der Waals surface area (Å²) in [7, 11) is 1.87. The van der Waals surface area contributed by atoms with Crippen LogP contribution in [0.2, 0.25) is 0 Å². The highest BCUT2D eigenvalue weighted by molar-refractivity contribution is 5.99. The lowest BCUT2D eigenvalue weighted by Crippen LogP contribution is -2.26. The highest BCUT2D eigenvalue weighted by Crippen LogP contribution is 2.14. The molecule has 2 aromatic heterocycles. The minimum absolute atomic E-state index is 0.0213. The highest BCUT2D eigenvalue weighted by Gasteiger charge is 2.16. The molecule has 2 heterocycles. The minimum Gasteiger partial charge on any atom is -0.459 e. The van der Waals surface area contributed by atoms with Gasteiger partial charge >= 0.3 is 5.97 Å². The fourth-order valence-electron chi connectivity index (χ4n) is 2.21. The quantitative estimate of drug-likeness (QED) is 0.616. The van der Waals surface area contributed by atoms with Crippen molar-refractivity contribution in [1.29, 1.82) is 0 Å².